The molecule has 1 aliphatic rings. The highest BCUT2D eigenvalue weighted by Gasteiger charge is 2.29. The van der Waals surface area contributed by atoms with E-state index in [0.29, 0.717) is 29.7 Å². The number of hydrogen-bond acceptors (Lipinski definition) is 3. The number of carboxylic acid groups (broad SMARTS) is 1. The first-order valence-corrected chi connectivity index (χ1v) is 8.55. The number of carboxylic acids is 1. The number of aryl methyl sites for hydroxylation is 1. The van der Waals surface area contributed by atoms with Crippen molar-refractivity contribution < 1.29 is 19.1 Å². The summed E-state index contributed by atoms with van der Waals surface area (Å²) in [6, 6.07) is 6.02. The lowest BCUT2D eigenvalue weighted by Gasteiger charge is -2.36. The van der Waals surface area contributed by atoms with Crippen LogP contribution in [0.1, 0.15) is 48.2 Å². The summed E-state index contributed by atoms with van der Waals surface area (Å²) >= 11 is 0. The second-order valence-electron chi connectivity index (χ2n) is 6.54. The number of benzene rings is 1. The molecular formula is C19H21FN2O3. The third-order valence-corrected chi connectivity index (χ3v) is 4.78. The first kappa shape index (κ1) is 17.3. The molecule has 2 heterocycles. The summed E-state index contributed by atoms with van der Waals surface area (Å²) in [5.74, 6) is -1.32. The Kier molecular flexibility index (Phi) is 4.97. The van der Waals surface area contributed by atoms with Gasteiger partial charge in [0.05, 0.1) is 16.8 Å². The first-order chi connectivity index (χ1) is 12.0. The van der Waals surface area contributed by atoms with Crippen molar-refractivity contribution in [2.45, 2.75) is 45.1 Å². The molecule has 0 saturated carbocycles. The zero-order chi connectivity index (χ0) is 18.0. The predicted octanol–water partition coefficient (Wildman–Crippen LogP) is 3.54. The molecule has 1 aromatic carbocycles. The fraction of sp³-hybridized carbons (Fsp3) is 0.421. The third-order valence-electron chi connectivity index (χ3n) is 4.78. The molecule has 0 bridgehead atoms. The van der Waals surface area contributed by atoms with Gasteiger partial charge >= 0.3 is 5.97 Å². The fourth-order valence-electron chi connectivity index (χ4n) is 3.47. The molecule has 1 fully saturated rings. The van der Waals surface area contributed by atoms with Gasteiger partial charge in [-0.1, -0.05) is 0 Å². The summed E-state index contributed by atoms with van der Waals surface area (Å²) < 4.78 is 13.4. The van der Waals surface area contributed by atoms with Gasteiger partial charge in [-0.15, -0.1) is 0 Å². The maximum absolute atomic E-state index is 13.4. The van der Waals surface area contributed by atoms with Crippen molar-refractivity contribution in [1.82, 2.24) is 9.88 Å². The summed E-state index contributed by atoms with van der Waals surface area (Å²) in [6.07, 6.45) is 3.27. The van der Waals surface area contributed by atoms with E-state index in [1.807, 2.05) is 0 Å². The van der Waals surface area contributed by atoms with Crippen LogP contribution in [0.3, 0.4) is 0 Å². The standard InChI is InChI=1S/C19H21FN2O3/c1-12-16(10-13-5-6-14(20)11-17(13)21-12)19(25)22-9-3-2-4-15(22)7-8-18(23)24/h5-6,10-11,15H,2-4,7-9H2,1H3,(H,23,24)/t15-/m0/s1. The number of likely N-dealkylation sites (tertiary alicyclic amines) is 1. The molecular weight excluding hydrogens is 323 g/mol. The van der Waals surface area contributed by atoms with Crippen LogP contribution in [0.15, 0.2) is 24.3 Å². The van der Waals surface area contributed by atoms with Crippen LogP contribution < -0.4 is 0 Å². The lowest BCUT2D eigenvalue weighted by molar-refractivity contribution is -0.137. The molecule has 2 aromatic rings. The lowest BCUT2D eigenvalue weighted by atomic mass is 9.96. The average molecular weight is 344 g/mol. The molecule has 0 radical (unpaired) electrons. The van der Waals surface area contributed by atoms with Crippen molar-refractivity contribution in [3.63, 3.8) is 0 Å². The zero-order valence-electron chi connectivity index (χ0n) is 14.2. The molecule has 3 rings (SSSR count). The van der Waals surface area contributed by atoms with Gasteiger partial charge in [-0.05, 0) is 50.8 Å². The van der Waals surface area contributed by atoms with Crippen LogP contribution in [0.5, 0.6) is 0 Å². The van der Waals surface area contributed by atoms with Crippen molar-refractivity contribution in [2.75, 3.05) is 6.54 Å². The van der Waals surface area contributed by atoms with Gasteiger partial charge in [-0.25, -0.2) is 4.39 Å². The predicted molar refractivity (Wildman–Crippen MR) is 92.0 cm³/mol. The molecule has 1 N–H and O–H groups in total. The van der Waals surface area contributed by atoms with E-state index < -0.39 is 5.97 Å². The summed E-state index contributed by atoms with van der Waals surface area (Å²) in [5, 5.41) is 9.64. The van der Waals surface area contributed by atoms with Crippen LogP contribution in [0.25, 0.3) is 10.9 Å². The normalized spacial score (nSPS) is 17.7. The number of pyridine rings is 1. The van der Waals surface area contributed by atoms with Crippen molar-refractivity contribution in [1.29, 1.82) is 0 Å². The fourth-order valence-corrected chi connectivity index (χ4v) is 3.47. The van der Waals surface area contributed by atoms with Crippen LogP contribution in [0.2, 0.25) is 0 Å². The summed E-state index contributed by atoms with van der Waals surface area (Å²) in [6.45, 7) is 2.37. The van der Waals surface area contributed by atoms with Crippen molar-refractivity contribution in [2.24, 2.45) is 0 Å². The monoisotopic (exact) mass is 344 g/mol. The Labute approximate surface area is 145 Å². The second kappa shape index (κ2) is 7.17. The van der Waals surface area contributed by atoms with Gasteiger partial charge in [0.2, 0.25) is 0 Å². The van der Waals surface area contributed by atoms with E-state index in [-0.39, 0.29) is 24.2 Å². The summed E-state index contributed by atoms with van der Waals surface area (Å²) in [4.78, 5) is 30.1. The highest BCUT2D eigenvalue weighted by atomic mass is 19.1. The third kappa shape index (κ3) is 3.78. The number of nitrogens with zero attached hydrogens (tertiary/aromatic N) is 2. The molecule has 1 aliphatic heterocycles. The van der Waals surface area contributed by atoms with Crippen molar-refractivity contribution in [3.05, 3.63) is 41.3 Å². The Morgan fingerprint density at radius 3 is 2.88 bits per heavy atom. The molecule has 0 aliphatic carbocycles. The number of rotatable bonds is 4. The van der Waals surface area contributed by atoms with E-state index in [9.17, 15) is 14.0 Å². The molecule has 1 amide bonds. The van der Waals surface area contributed by atoms with Gasteiger partial charge in [0.1, 0.15) is 5.82 Å². The molecule has 1 atom stereocenters. The maximum Gasteiger partial charge on any atom is 0.303 e. The number of hydrogen-bond donors (Lipinski definition) is 1. The molecule has 0 unspecified atom stereocenters. The number of amides is 1. The lowest BCUT2D eigenvalue weighted by Crippen LogP contribution is -2.44. The minimum Gasteiger partial charge on any atom is -0.481 e. The van der Waals surface area contributed by atoms with Crippen LogP contribution in [-0.4, -0.2) is 39.5 Å². The number of piperidine rings is 1. The minimum atomic E-state index is -0.844. The van der Waals surface area contributed by atoms with Gasteiger partial charge in [0, 0.05) is 30.5 Å². The zero-order valence-corrected chi connectivity index (χ0v) is 14.2. The Morgan fingerprint density at radius 2 is 2.12 bits per heavy atom. The van der Waals surface area contributed by atoms with E-state index in [4.69, 9.17) is 5.11 Å². The van der Waals surface area contributed by atoms with Gasteiger partial charge in [-0.3, -0.25) is 14.6 Å². The number of halogens is 1. The molecule has 6 heteroatoms. The van der Waals surface area contributed by atoms with Crippen LogP contribution in [0.4, 0.5) is 4.39 Å². The average Bonchev–Trinajstić information content (AvgIpc) is 2.59. The molecule has 1 aromatic heterocycles. The summed E-state index contributed by atoms with van der Waals surface area (Å²) in [5.41, 5.74) is 1.59. The first-order valence-electron chi connectivity index (χ1n) is 8.55. The Bertz CT molecular complexity index is 822. The Morgan fingerprint density at radius 1 is 1.32 bits per heavy atom. The Hall–Kier alpha value is -2.50. The highest BCUT2D eigenvalue weighted by Crippen LogP contribution is 2.25. The molecule has 132 valence electrons. The topological polar surface area (TPSA) is 70.5 Å². The highest BCUT2D eigenvalue weighted by molar-refractivity contribution is 5.98. The van der Waals surface area contributed by atoms with Crippen LogP contribution in [0, 0.1) is 12.7 Å². The van der Waals surface area contributed by atoms with Gasteiger partial charge < -0.3 is 10.0 Å². The number of aliphatic carboxylic acids is 1. The minimum absolute atomic E-state index is 0.0549. The maximum atomic E-state index is 13.4. The van der Waals surface area contributed by atoms with E-state index in [0.717, 1.165) is 24.6 Å². The van der Waals surface area contributed by atoms with E-state index >= 15 is 0 Å². The van der Waals surface area contributed by atoms with Crippen LogP contribution >= 0.6 is 0 Å². The van der Waals surface area contributed by atoms with E-state index in [1.54, 1.807) is 24.0 Å². The molecule has 0 spiro atoms. The smallest absolute Gasteiger partial charge is 0.303 e. The summed E-state index contributed by atoms with van der Waals surface area (Å²) in [7, 11) is 0. The number of carbonyl (C=O) groups is 2. The number of aromatic nitrogens is 1. The molecule has 25 heavy (non-hydrogen) atoms. The SMILES string of the molecule is Cc1nc2cc(F)ccc2cc1C(=O)N1CCCC[C@H]1CCC(=O)O. The number of carbonyl (C=O) groups excluding carboxylic acids is 1. The van der Waals surface area contributed by atoms with E-state index in [1.165, 1.54) is 12.1 Å². The number of fused-ring (bicyclic) bond motifs is 1. The second-order valence-corrected chi connectivity index (χ2v) is 6.54. The van der Waals surface area contributed by atoms with Crippen molar-refractivity contribution >= 4 is 22.8 Å². The van der Waals surface area contributed by atoms with E-state index in [2.05, 4.69) is 4.98 Å². The largest absolute Gasteiger partial charge is 0.481 e. The Balaban J connectivity index is 1.90. The molecule has 1 saturated heterocycles. The van der Waals surface area contributed by atoms with Gasteiger partial charge in [0.25, 0.3) is 5.91 Å². The van der Waals surface area contributed by atoms with Crippen LogP contribution in [-0.2, 0) is 4.79 Å². The van der Waals surface area contributed by atoms with Gasteiger partial charge in [-0.2, -0.15) is 0 Å². The quantitative estimate of drug-likeness (QED) is 0.921. The van der Waals surface area contributed by atoms with Crippen molar-refractivity contribution in [3.8, 4) is 0 Å². The molecule has 5 nitrogen and oxygen atoms in total. The van der Waals surface area contributed by atoms with Gasteiger partial charge in [0.15, 0.2) is 0 Å².